The molecule has 2 fully saturated rings. The van der Waals surface area contributed by atoms with Gasteiger partial charge in [-0.25, -0.2) is 0 Å². The summed E-state index contributed by atoms with van der Waals surface area (Å²) in [6.45, 7) is 9.68. The Balaban J connectivity index is 1.77. The Morgan fingerprint density at radius 2 is 1.24 bits per heavy atom. The Bertz CT molecular complexity index is 646. The van der Waals surface area contributed by atoms with Gasteiger partial charge in [0, 0.05) is 51.1 Å². The zero-order chi connectivity index (χ0) is 27.0. The fraction of sp³-hybridized carbons (Fsp3) is 0.933. The first-order valence-electron chi connectivity index (χ1n) is 15.5. The van der Waals surface area contributed by atoms with Gasteiger partial charge >= 0.3 is 0 Å². The lowest BCUT2D eigenvalue weighted by molar-refractivity contribution is -0.135. The summed E-state index contributed by atoms with van der Waals surface area (Å²) in [6, 6.07) is 0.491. The first-order chi connectivity index (χ1) is 17.8. The Morgan fingerprint density at radius 1 is 0.730 bits per heavy atom. The summed E-state index contributed by atoms with van der Waals surface area (Å²) in [4.78, 5) is 34.9. The van der Waals surface area contributed by atoms with E-state index in [1.54, 1.807) is 0 Å². The van der Waals surface area contributed by atoms with Gasteiger partial charge in [0.25, 0.3) is 0 Å². The van der Waals surface area contributed by atoms with Gasteiger partial charge in [0.05, 0.1) is 6.10 Å². The van der Waals surface area contributed by atoms with Gasteiger partial charge < -0.3 is 24.7 Å². The highest BCUT2D eigenvalue weighted by molar-refractivity contribution is 5.77. The fourth-order valence-corrected chi connectivity index (χ4v) is 5.97. The summed E-state index contributed by atoms with van der Waals surface area (Å²) < 4.78 is 0. The van der Waals surface area contributed by atoms with Gasteiger partial charge in [-0.15, -0.1) is 0 Å². The molecule has 216 valence electrons. The molecule has 2 amide bonds. The molecule has 0 aromatic heterocycles. The van der Waals surface area contributed by atoms with Gasteiger partial charge in [-0.3, -0.25) is 9.59 Å². The average molecular weight is 523 g/mol. The lowest BCUT2D eigenvalue weighted by atomic mass is 9.98. The lowest BCUT2D eigenvalue weighted by Crippen LogP contribution is -2.46. The highest BCUT2D eigenvalue weighted by Gasteiger charge is 2.27. The maximum Gasteiger partial charge on any atom is 0.224 e. The van der Waals surface area contributed by atoms with Crippen LogP contribution in [-0.2, 0) is 9.59 Å². The monoisotopic (exact) mass is 522 g/mol. The number of nitrogens with zero attached hydrogens (tertiary/aromatic N) is 4. The first kappa shape index (κ1) is 32.0. The van der Waals surface area contributed by atoms with Crippen molar-refractivity contribution in [1.82, 2.24) is 19.6 Å². The quantitative estimate of drug-likeness (QED) is 0.320. The number of rotatable bonds is 15. The molecule has 0 radical (unpaired) electrons. The number of amides is 2. The SMILES string of the molecule is CCCCC[C@@H](O)C[C@H]1CC(=O)N(CCCCN2CCCN(C)[C@H](CCCCC)CC2=O)CCCN1C. The lowest BCUT2D eigenvalue weighted by Gasteiger charge is -2.35. The summed E-state index contributed by atoms with van der Waals surface area (Å²) in [5.74, 6) is 0.524. The molecule has 0 aromatic carbocycles. The second kappa shape index (κ2) is 18.2. The molecule has 0 bridgehead atoms. The topological polar surface area (TPSA) is 67.3 Å². The van der Waals surface area contributed by atoms with E-state index >= 15 is 0 Å². The molecule has 0 unspecified atom stereocenters. The highest BCUT2D eigenvalue weighted by Crippen LogP contribution is 2.20. The Morgan fingerprint density at radius 3 is 1.81 bits per heavy atom. The minimum atomic E-state index is -0.318. The van der Waals surface area contributed by atoms with Crippen molar-refractivity contribution < 1.29 is 14.7 Å². The van der Waals surface area contributed by atoms with Gasteiger partial charge in [-0.1, -0.05) is 52.4 Å². The van der Waals surface area contributed by atoms with Crippen molar-refractivity contribution in [2.75, 3.05) is 53.4 Å². The largest absolute Gasteiger partial charge is 0.393 e. The zero-order valence-corrected chi connectivity index (χ0v) is 24.6. The number of aliphatic hydroxyl groups is 1. The van der Waals surface area contributed by atoms with E-state index in [-0.39, 0.29) is 18.1 Å². The zero-order valence-electron chi connectivity index (χ0n) is 24.6. The van der Waals surface area contributed by atoms with Gasteiger partial charge in [-0.05, 0) is 72.1 Å². The van der Waals surface area contributed by atoms with E-state index in [4.69, 9.17) is 0 Å². The molecule has 2 aliphatic heterocycles. The van der Waals surface area contributed by atoms with Crippen molar-refractivity contribution in [1.29, 1.82) is 0 Å². The molecular weight excluding hydrogens is 464 g/mol. The fourth-order valence-electron chi connectivity index (χ4n) is 5.97. The molecule has 7 heteroatoms. The molecule has 0 aromatic rings. The van der Waals surface area contributed by atoms with Crippen LogP contribution in [0.25, 0.3) is 0 Å². The molecule has 3 atom stereocenters. The third kappa shape index (κ3) is 12.0. The van der Waals surface area contributed by atoms with E-state index in [0.29, 0.717) is 31.2 Å². The third-order valence-electron chi connectivity index (χ3n) is 8.58. The number of hydrogen-bond donors (Lipinski definition) is 1. The van der Waals surface area contributed by atoms with Crippen molar-refractivity contribution in [2.45, 2.75) is 128 Å². The number of aliphatic hydroxyl groups excluding tert-OH is 1. The van der Waals surface area contributed by atoms with E-state index in [2.05, 4.69) is 42.6 Å². The molecular formula is C30H58N4O3. The molecule has 1 N–H and O–H groups in total. The molecule has 0 saturated carbocycles. The molecule has 2 saturated heterocycles. The van der Waals surface area contributed by atoms with Crippen LogP contribution < -0.4 is 0 Å². The van der Waals surface area contributed by atoms with Crippen LogP contribution in [-0.4, -0.2) is 108 Å². The third-order valence-corrected chi connectivity index (χ3v) is 8.58. The molecule has 2 heterocycles. The van der Waals surface area contributed by atoms with Crippen molar-refractivity contribution in [3.63, 3.8) is 0 Å². The molecule has 7 nitrogen and oxygen atoms in total. The van der Waals surface area contributed by atoms with Crippen molar-refractivity contribution >= 4 is 11.8 Å². The maximum absolute atomic E-state index is 13.1. The van der Waals surface area contributed by atoms with E-state index in [1.807, 2.05) is 4.90 Å². The first-order valence-corrected chi connectivity index (χ1v) is 15.5. The van der Waals surface area contributed by atoms with Gasteiger partial charge in [-0.2, -0.15) is 0 Å². The standard InChI is InChI=1S/C30H58N4O3/c1-5-7-9-15-26-24-29(36)33(21-13-17-31(26)3)19-11-12-20-34-22-14-18-32(4)27(25-30(34)37)23-28(35)16-10-8-6-2/h26-28,35H,5-25H2,1-4H3/t26-,27+,28-/m1/s1. The average Bonchev–Trinajstić information content (AvgIpc) is 2.86. The van der Waals surface area contributed by atoms with Crippen LogP contribution in [0.3, 0.4) is 0 Å². The summed E-state index contributed by atoms with van der Waals surface area (Å²) in [5.41, 5.74) is 0. The summed E-state index contributed by atoms with van der Waals surface area (Å²) >= 11 is 0. The van der Waals surface area contributed by atoms with Crippen molar-refractivity contribution in [3.8, 4) is 0 Å². The van der Waals surface area contributed by atoms with Crippen LogP contribution in [0, 0.1) is 0 Å². The molecule has 0 aliphatic carbocycles. The van der Waals surface area contributed by atoms with E-state index in [9.17, 15) is 14.7 Å². The van der Waals surface area contributed by atoms with E-state index in [1.165, 1.54) is 19.3 Å². The minimum Gasteiger partial charge on any atom is -0.393 e. The van der Waals surface area contributed by atoms with Gasteiger partial charge in [0.2, 0.25) is 11.8 Å². The number of carbonyl (C=O) groups excluding carboxylic acids is 2. The predicted octanol–water partition coefficient (Wildman–Crippen LogP) is 4.52. The highest BCUT2D eigenvalue weighted by atomic mass is 16.3. The predicted molar refractivity (Wildman–Crippen MR) is 153 cm³/mol. The van der Waals surface area contributed by atoms with Crippen LogP contribution in [0.15, 0.2) is 0 Å². The molecule has 37 heavy (non-hydrogen) atoms. The van der Waals surface area contributed by atoms with Crippen LogP contribution in [0.1, 0.15) is 110 Å². The van der Waals surface area contributed by atoms with Crippen molar-refractivity contribution in [2.24, 2.45) is 0 Å². The molecule has 0 spiro atoms. The normalized spacial score (nSPS) is 24.0. The maximum atomic E-state index is 13.1. The Labute approximate surface area is 227 Å². The molecule has 2 aliphatic rings. The van der Waals surface area contributed by atoms with Crippen molar-refractivity contribution in [3.05, 3.63) is 0 Å². The Kier molecular flexibility index (Phi) is 15.7. The minimum absolute atomic E-state index is 0.119. The van der Waals surface area contributed by atoms with Crippen LogP contribution >= 0.6 is 0 Å². The van der Waals surface area contributed by atoms with Crippen LogP contribution in [0.5, 0.6) is 0 Å². The van der Waals surface area contributed by atoms with E-state index < -0.39 is 0 Å². The summed E-state index contributed by atoms with van der Waals surface area (Å²) in [5, 5.41) is 10.5. The van der Waals surface area contributed by atoms with Gasteiger partial charge in [0.15, 0.2) is 0 Å². The summed E-state index contributed by atoms with van der Waals surface area (Å²) in [6.07, 6.45) is 14.4. The smallest absolute Gasteiger partial charge is 0.224 e. The van der Waals surface area contributed by atoms with Gasteiger partial charge in [0.1, 0.15) is 0 Å². The van der Waals surface area contributed by atoms with Crippen LogP contribution in [0.2, 0.25) is 0 Å². The number of hydrogen-bond acceptors (Lipinski definition) is 5. The summed E-state index contributed by atoms with van der Waals surface area (Å²) in [7, 11) is 4.27. The van der Waals surface area contributed by atoms with E-state index in [0.717, 1.165) is 97.1 Å². The number of carbonyl (C=O) groups is 2. The second-order valence-electron chi connectivity index (χ2n) is 11.7. The van der Waals surface area contributed by atoms with Crippen LogP contribution in [0.4, 0.5) is 0 Å². The number of unbranched alkanes of at least 4 members (excludes halogenated alkanes) is 5. The molecule has 2 rings (SSSR count). The Hall–Kier alpha value is -1.18. The second-order valence-corrected chi connectivity index (χ2v) is 11.7.